The molecule has 43 heavy (non-hydrogen) atoms. The van der Waals surface area contributed by atoms with E-state index in [0.717, 1.165) is 72.5 Å². The van der Waals surface area contributed by atoms with E-state index in [-0.39, 0.29) is 0 Å². The second-order valence-electron chi connectivity index (χ2n) is 10.8. The Morgan fingerprint density at radius 1 is 0.581 bits per heavy atom. The van der Waals surface area contributed by atoms with Gasteiger partial charge in [-0.3, -0.25) is 9.55 Å². The van der Waals surface area contributed by atoms with E-state index in [1.165, 1.54) is 5.56 Å². The fourth-order valence-electron chi connectivity index (χ4n) is 6.05. The molecule has 0 spiro atoms. The number of nitrogens with zero attached hydrogens (tertiary/aromatic N) is 3. The molecule has 4 nitrogen and oxygen atoms in total. The van der Waals surface area contributed by atoms with Gasteiger partial charge in [-0.1, -0.05) is 78.9 Å². The lowest BCUT2D eigenvalue weighted by Gasteiger charge is -2.20. The number of aromatic nitrogens is 3. The van der Waals surface area contributed by atoms with Crippen LogP contribution in [0.4, 0.5) is 0 Å². The normalized spacial score (nSPS) is 11.4. The van der Waals surface area contributed by atoms with Crippen LogP contribution < -0.4 is 0 Å². The van der Waals surface area contributed by atoms with Crippen LogP contribution in [0, 0.1) is 6.92 Å². The van der Waals surface area contributed by atoms with Gasteiger partial charge in [0.2, 0.25) is 0 Å². The second kappa shape index (κ2) is 10.3. The minimum atomic E-state index is 0.821. The molecule has 0 unspecified atom stereocenters. The number of hydrogen-bond donors (Lipinski definition) is 0. The largest absolute Gasteiger partial charge is 0.464 e. The van der Waals surface area contributed by atoms with Crippen LogP contribution in [0.1, 0.15) is 5.56 Å². The van der Waals surface area contributed by atoms with Crippen molar-refractivity contribution in [3.63, 3.8) is 0 Å². The Morgan fingerprint density at radius 2 is 1.23 bits per heavy atom. The predicted molar refractivity (Wildman–Crippen MR) is 175 cm³/mol. The van der Waals surface area contributed by atoms with E-state index in [0.29, 0.717) is 0 Å². The molecule has 4 heteroatoms. The summed E-state index contributed by atoms with van der Waals surface area (Å²) in [5, 5.41) is 1.01. The summed E-state index contributed by atoms with van der Waals surface area (Å²) in [7, 11) is 0. The minimum absolute atomic E-state index is 0.821. The molecule has 0 saturated heterocycles. The van der Waals surface area contributed by atoms with Crippen LogP contribution in [-0.4, -0.2) is 14.5 Å². The van der Waals surface area contributed by atoms with Gasteiger partial charge in [-0.2, -0.15) is 0 Å². The molecule has 0 radical (unpaired) electrons. The van der Waals surface area contributed by atoms with E-state index < -0.39 is 0 Å². The number of para-hydroxylation sites is 2. The summed E-state index contributed by atoms with van der Waals surface area (Å²) >= 11 is 0. The van der Waals surface area contributed by atoms with E-state index in [9.17, 15) is 0 Å². The minimum Gasteiger partial charge on any atom is -0.464 e. The van der Waals surface area contributed by atoms with Gasteiger partial charge in [0.05, 0.1) is 22.3 Å². The monoisotopic (exact) mass is 553 g/mol. The molecule has 0 amide bonds. The highest BCUT2D eigenvalue weighted by atomic mass is 16.3. The Kier molecular flexibility index (Phi) is 5.97. The first-order valence-corrected chi connectivity index (χ1v) is 14.4. The molecule has 0 bridgehead atoms. The number of fused-ring (bicyclic) bond motifs is 2. The van der Waals surface area contributed by atoms with Crippen molar-refractivity contribution in [2.24, 2.45) is 0 Å². The molecule has 0 N–H and O–H groups in total. The standard InChI is InChI=1S/C39H27N3O/c1-26-22-31(28-10-4-2-5-11-28)38(32(23-26)29-12-6-3-7-13-29)42-36-15-9-8-14-35(36)41-39(42)34-25-43-37-17-16-30(24-33(34)37)27-18-20-40-21-19-27/h2-25H,1H3. The number of rotatable bonds is 5. The molecule has 0 aliphatic rings. The summed E-state index contributed by atoms with van der Waals surface area (Å²) in [5.41, 5.74) is 12.8. The molecule has 8 aromatic rings. The van der Waals surface area contributed by atoms with Gasteiger partial charge in [0.15, 0.2) is 0 Å². The van der Waals surface area contributed by atoms with Crippen molar-refractivity contribution in [3.8, 4) is 50.5 Å². The van der Waals surface area contributed by atoms with Gasteiger partial charge < -0.3 is 4.42 Å². The first-order chi connectivity index (χ1) is 21.2. The van der Waals surface area contributed by atoms with E-state index >= 15 is 0 Å². The number of imidazole rings is 1. The summed E-state index contributed by atoms with van der Waals surface area (Å²) in [6.07, 6.45) is 5.49. The Balaban J connectivity index is 1.48. The van der Waals surface area contributed by atoms with Crippen LogP contribution in [0.15, 0.2) is 150 Å². The fraction of sp³-hybridized carbons (Fsp3) is 0.0256. The number of furan rings is 1. The van der Waals surface area contributed by atoms with E-state index in [1.807, 2.05) is 42.9 Å². The molecule has 5 aromatic carbocycles. The molecule has 0 atom stereocenters. The first kappa shape index (κ1) is 25.0. The number of pyridine rings is 1. The third-order valence-corrected chi connectivity index (χ3v) is 8.04. The van der Waals surface area contributed by atoms with Gasteiger partial charge in [0.1, 0.15) is 17.7 Å². The average Bonchev–Trinajstić information content (AvgIpc) is 3.66. The quantitative estimate of drug-likeness (QED) is 0.213. The van der Waals surface area contributed by atoms with Gasteiger partial charge >= 0.3 is 0 Å². The Labute approximate surface area is 249 Å². The maximum Gasteiger partial charge on any atom is 0.149 e. The van der Waals surface area contributed by atoms with Gasteiger partial charge in [-0.05, 0) is 83.3 Å². The van der Waals surface area contributed by atoms with Crippen LogP contribution in [0.5, 0.6) is 0 Å². The molecule has 3 aromatic heterocycles. The molecule has 0 fully saturated rings. The lowest BCUT2D eigenvalue weighted by Crippen LogP contribution is -2.03. The zero-order valence-electron chi connectivity index (χ0n) is 23.6. The molecule has 0 saturated carbocycles. The number of benzene rings is 5. The molecule has 8 rings (SSSR count). The smallest absolute Gasteiger partial charge is 0.149 e. The zero-order valence-corrected chi connectivity index (χ0v) is 23.6. The van der Waals surface area contributed by atoms with Crippen molar-refractivity contribution in [2.45, 2.75) is 6.92 Å². The number of aryl methyl sites for hydroxylation is 1. The van der Waals surface area contributed by atoms with Gasteiger partial charge in [-0.25, -0.2) is 4.98 Å². The van der Waals surface area contributed by atoms with Crippen LogP contribution in [0.25, 0.3) is 72.5 Å². The van der Waals surface area contributed by atoms with Gasteiger partial charge in [-0.15, -0.1) is 0 Å². The Hall–Kier alpha value is -5.74. The maximum absolute atomic E-state index is 6.16. The molecule has 3 heterocycles. The van der Waals surface area contributed by atoms with Crippen LogP contribution in [-0.2, 0) is 0 Å². The Morgan fingerprint density at radius 3 is 1.93 bits per heavy atom. The summed E-state index contributed by atoms with van der Waals surface area (Å²) in [4.78, 5) is 9.47. The highest BCUT2D eigenvalue weighted by Crippen LogP contribution is 2.43. The van der Waals surface area contributed by atoms with Crippen molar-refractivity contribution in [2.75, 3.05) is 0 Å². The Bertz CT molecular complexity index is 2170. The van der Waals surface area contributed by atoms with E-state index in [1.54, 1.807) is 0 Å². The third kappa shape index (κ3) is 4.32. The fourth-order valence-corrected chi connectivity index (χ4v) is 6.05. The molecular weight excluding hydrogens is 526 g/mol. The lowest BCUT2D eigenvalue weighted by atomic mass is 9.93. The molecule has 0 aliphatic carbocycles. The van der Waals surface area contributed by atoms with E-state index in [4.69, 9.17) is 9.40 Å². The van der Waals surface area contributed by atoms with Crippen molar-refractivity contribution >= 4 is 22.0 Å². The van der Waals surface area contributed by atoms with Gasteiger partial charge in [0, 0.05) is 28.9 Å². The third-order valence-electron chi connectivity index (χ3n) is 8.04. The highest BCUT2D eigenvalue weighted by Gasteiger charge is 2.24. The van der Waals surface area contributed by atoms with E-state index in [2.05, 4.69) is 120 Å². The SMILES string of the molecule is Cc1cc(-c2ccccc2)c(-n2c(-c3coc4ccc(-c5ccncc5)cc34)nc3ccccc32)c(-c2ccccc2)c1. The number of hydrogen-bond acceptors (Lipinski definition) is 3. The average molecular weight is 554 g/mol. The highest BCUT2D eigenvalue weighted by molar-refractivity contribution is 5.99. The van der Waals surface area contributed by atoms with Crippen LogP contribution >= 0.6 is 0 Å². The molecule has 204 valence electrons. The van der Waals surface area contributed by atoms with Crippen molar-refractivity contribution < 1.29 is 4.42 Å². The van der Waals surface area contributed by atoms with Crippen LogP contribution in [0.3, 0.4) is 0 Å². The van der Waals surface area contributed by atoms with Crippen molar-refractivity contribution in [1.29, 1.82) is 0 Å². The zero-order chi connectivity index (χ0) is 28.8. The summed E-state index contributed by atoms with van der Waals surface area (Å²) in [6, 6.07) is 44.5. The summed E-state index contributed by atoms with van der Waals surface area (Å²) in [6.45, 7) is 2.17. The maximum atomic E-state index is 6.16. The summed E-state index contributed by atoms with van der Waals surface area (Å²) < 4.78 is 8.49. The summed E-state index contributed by atoms with van der Waals surface area (Å²) in [5.74, 6) is 0.838. The molecule has 0 aliphatic heterocycles. The second-order valence-corrected chi connectivity index (χ2v) is 10.8. The van der Waals surface area contributed by atoms with Crippen molar-refractivity contribution in [1.82, 2.24) is 14.5 Å². The van der Waals surface area contributed by atoms with Crippen molar-refractivity contribution in [3.05, 3.63) is 152 Å². The lowest BCUT2D eigenvalue weighted by molar-refractivity contribution is 0.616. The first-order valence-electron chi connectivity index (χ1n) is 14.4. The predicted octanol–water partition coefficient (Wildman–Crippen LogP) is 10.1. The van der Waals surface area contributed by atoms with Gasteiger partial charge in [0.25, 0.3) is 0 Å². The van der Waals surface area contributed by atoms with Crippen LogP contribution in [0.2, 0.25) is 0 Å². The molecular formula is C39H27N3O. The topological polar surface area (TPSA) is 43.9 Å².